The van der Waals surface area contributed by atoms with Crippen molar-refractivity contribution in [3.8, 4) is 11.5 Å². The summed E-state index contributed by atoms with van der Waals surface area (Å²) in [4.78, 5) is 4.28. The molecule has 0 aliphatic heterocycles. The van der Waals surface area contributed by atoms with Crippen LogP contribution in [0.1, 0.15) is 25.1 Å². The Balaban J connectivity index is 2.16. The molecule has 0 saturated carbocycles. The molecule has 0 atom stereocenters. The van der Waals surface area contributed by atoms with E-state index in [1.807, 2.05) is 38.3 Å². The van der Waals surface area contributed by atoms with Crippen LogP contribution in [-0.4, -0.2) is 24.4 Å². The lowest BCUT2D eigenvalue weighted by Crippen LogP contribution is -2.00. The number of nitrogens with zero attached hydrogens (tertiary/aromatic N) is 2. The van der Waals surface area contributed by atoms with E-state index in [1.54, 1.807) is 6.21 Å². The van der Waals surface area contributed by atoms with Crippen LogP contribution < -0.4 is 14.9 Å². The Hall–Kier alpha value is -1.60. The van der Waals surface area contributed by atoms with Gasteiger partial charge in [0.15, 0.2) is 11.5 Å². The summed E-state index contributed by atoms with van der Waals surface area (Å²) in [5, 5.41) is 6.94. The Morgan fingerprint density at radius 1 is 1.32 bits per heavy atom. The average Bonchev–Trinajstić information content (AvgIpc) is 2.89. The molecule has 0 radical (unpaired) electrons. The summed E-state index contributed by atoms with van der Waals surface area (Å²) in [5.74, 6) is 1.41. The molecule has 1 heterocycles. The van der Waals surface area contributed by atoms with Crippen molar-refractivity contribution in [1.82, 2.24) is 4.98 Å². The van der Waals surface area contributed by atoms with Gasteiger partial charge in [-0.25, -0.2) is 4.98 Å². The number of benzene rings is 1. The summed E-state index contributed by atoms with van der Waals surface area (Å²) in [6.07, 6.45) is 1.72. The van der Waals surface area contributed by atoms with E-state index in [1.165, 1.54) is 11.3 Å². The van der Waals surface area contributed by atoms with E-state index in [-0.39, 0.29) is 0 Å². The highest BCUT2D eigenvalue weighted by Crippen LogP contribution is 2.36. The van der Waals surface area contributed by atoms with Crippen molar-refractivity contribution in [3.63, 3.8) is 0 Å². The van der Waals surface area contributed by atoms with Gasteiger partial charge in [0, 0.05) is 5.38 Å². The normalized spacial score (nSPS) is 10.9. The number of anilines is 1. The van der Waals surface area contributed by atoms with E-state index in [9.17, 15) is 0 Å². The van der Waals surface area contributed by atoms with E-state index in [2.05, 4.69) is 31.4 Å². The summed E-state index contributed by atoms with van der Waals surface area (Å²) in [5.41, 5.74) is 4.79. The maximum atomic E-state index is 5.63. The molecule has 7 heteroatoms. The number of hydrazone groups is 1. The van der Waals surface area contributed by atoms with Gasteiger partial charge in [-0.15, -0.1) is 11.3 Å². The molecular weight excluding hydrogens is 366 g/mol. The van der Waals surface area contributed by atoms with Crippen LogP contribution in [0.3, 0.4) is 0 Å². The molecule has 0 aliphatic carbocycles. The Labute approximate surface area is 142 Å². The highest BCUT2D eigenvalue weighted by atomic mass is 79.9. The van der Waals surface area contributed by atoms with Crippen LogP contribution >= 0.6 is 27.3 Å². The van der Waals surface area contributed by atoms with Gasteiger partial charge in [-0.2, -0.15) is 5.10 Å². The SMILES string of the molecule is CCOc1cc(C=NNc2nc(C)cs2)cc(Br)c1OCC. The number of hydrogen-bond donors (Lipinski definition) is 1. The molecule has 22 heavy (non-hydrogen) atoms. The van der Waals surface area contributed by atoms with Crippen LogP contribution in [0, 0.1) is 6.92 Å². The van der Waals surface area contributed by atoms with Crippen molar-refractivity contribution in [3.05, 3.63) is 33.2 Å². The highest BCUT2D eigenvalue weighted by Gasteiger charge is 2.11. The maximum absolute atomic E-state index is 5.63. The minimum Gasteiger partial charge on any atom is -0.490 e. The second kappa shape index (κ2) is 8.14. The Morgan fingerprint density at radius 3 is 2.73 bits per heavy atom. The molecule has 2 rings (SSSR count). The number of thiazole rings is 1. The highest BCUT2D eigenvalue weighted by molar-refractivity contribution is 9.10. The van der Waals surface area contributed by atoms with Gasteiger partial charge in [0.1, 0.15) is 0 Å². The lowest BCUT2D eigenvalue weighted by molar-refractivity contribution is 0.286. The van der Waals surface area contributed by atoms with Gasteiger partial charge in [0.25, 0.3) is 0 Å². The zero-order chi connectivity index (χ0) is 15.9. The number of rotatable bonds is 7. The van der Waals surface area contributed by atoms with Crippen molar-refractivity contribution < 1.29 is 9.47 Å². The Kier molecular flexibility index (Phi) is 6.21. The van der Waals surface area contributed by atoms with E-state index < -0.39 is 0 Å². The third-order valence-electron chi connectivity index (χ3n) is 2.61. The first-order valence-electron chi connectivity index (χ1n) is 6.94. The van der Waals surface area contributed by atoms with Crippen molar-refractivity contribution in [2.75, 3.05) is 18.6 Å². The van der Waals surface area contributed by atoms with E-state index in [0.29, 0.717) is 24.7 Å². The molecule has 2 aromatic rings. The molecule has 0 saturated heterocycles. The third-order valence-corrected chi connectivity index (χ3v) is 4.07. The van der Waals surface area contributed by atoms with Gasteiger partial charge < -0.3 is 9.47 Å². The topological polar surface area (TPSA) is 55.7 Å². The number of halogens is 1. The number of aryl methyl sites for hydroxylation is 1. The van der Waals surface area contributed by atoms with Gasteiger partial charge >= 0.3 is 0 Å². The fourth-order valence-corrected chi connectivity index (χ4v) is 2.99. The van der Waals surface area contributed by atoms with Crippen molar-refractivity contribution in [1.29, 1.82) is 0 Å². The molecular formula is C15H18BrN3O2S. The molecule has 0 amide bonds. The van der Waals surface area contributed by atoms with Gasteiger partial charge in [0.2, 0.25) is 5.13 Å². The maximum Gasteiger partial charge on any atom is 0.203 e. The molecule has 1 N–H and O–H groups in total. The molecule has 118 valence electrons. The van der Waals surface area contributed by atoms with Crippen LogP contribution in [0.25, 0.3) is 0 Å². The predicted octanol–water partition coefficient (Wildman–Crippen LogP) is 4.46. The molecule has 0 bridgehead atoms. The zero-order valence-electron chi connectivity index (χ0n) is 12.7. The average molecular weight is 384 g/mol. The fraction of sp³-hybridized carbons (Fsp3) is 0.333. The predicted molar refractivity (Wildman–Crippen MR) is 94.5 cm³/mol. The number of hydrogen-bond acceptors (Lipinski definition) is 6. The lowest BCUT2D eigenvalue weighted by Gasteiger charge is -2.13. The molecule has 0 spiro atoms. The van der Waals surface area contributed by atoms with Crippen LogP contribution in [0.15, 0.2) is 27.1 Å². The summed E-state index contributed by atoms with van der Waals surface area (Å²) < 4.78 is 12.1. The Morgan fingerprint density at radius 2 is 2.09 bits per heavy atom. The van der Waals surface area contributed by atoms with Crippen molar-refractivity contribution in [2.24, 2.45) is 5.10 Å². The minimum atomic E-state index is 0.573. The van der Waals surface area contributed by atoms with Gasteiger partial charge in [-0.3, -0.25) is 5.43 Å². The molecule has 1 aromatic heterocycles. The van der Waals surface area contributed by atoms with Crippen LogP contribution in [-0.2, 0) is 0 Å². The van der Waals surface area contributed by atoms with Crippen molar-refractivity contribution >= 4 is 38.6 Å². The van der Waals surface area contributed by atoms with Crippen LogP contribution in [0.4, 0.5) is 5.13 Å². The molecule has 5 nitrogen and oxygen atoms in total. The van der Waals surface area contributed by atoms with E-state index in [0.717, 1.165) is 20.9 Å². The van der Waals surface area contributed by atoms with Crippen LogP contribution in [0.2, 0.25) is 0 Å². The van der Waals surface area contributed by atoms with Gasteiger partial charge in [-0.1, -0.05) is 0 Å². The summed E-state index contributed by atoms with van der Waals surface area (Å²) >= 11 is 5.03. The quantitative estimate of drug-likeness (QED) is 0.566. The first-order chi connectivity index (χ1) is 10.6. The third kappa shape index (κ3) is 4.45. The summed E-state index contributed by atoms with van der Waals surface area (Å²) in [6, 6.07) is 3.84. The van der Waals surface area contributed by atoms with E-state index >= 15 is 0 Å². The fourth-order valence-electron chi connectivity index (χ4n) is 1.78. The first kappa shape index (κ1) is 16.8. The first-order valence-corrected chi connectivity index (χ1v) is 8.61. The molecule has 0 aliphatic rings. The van der Waals surface area contributed by atoms with Gasteiger partial charge in [-0.05, 0) is 54.4 Å². The second-order valence-electron chi connectivity index (χ2n) is 4.36. The molecule has 0 unspecified atom stereocenters. The van der Waals surface area contributed by atoms with Crippen LogP contribution in [0.5, 0.6) is 11.5 Å². The van der Waals surface area contributed by atoms with E-state index in [4.69, 9.17) is 9.47 Å². The monoisotopic (exact) mass is 383 g/mol. The Bertz CT molecular complexity index is 658. The standard InChI is InChI=1S/C15H18BrN3O2S/c1-4-20-13-7-11(6-12(16)14(13)21-5-2)8-17-19-15-18-10(3)9-22-15/h6-9H,4-5H2,1-3H3,(H,18,19). The number of ether oxygens (including phenoxy) is 2. The number of aromatic nitrogens is 1. The largest absolute Gasteiger partial charge is 0.490 e. The lowest BCUT2D eigenvalue weighted by atomic mass is 10.2. The minimum absolute atomic E-state index is 0.573. The summed E-state index contributed by atoms with van der Waals surface area (Å²) in [6.45, 7) is 6.98. The second-order valence-corrected chi connectivity index (χ2v) is 6.07. The summed E-state index contributed by atoms with van der Waals surface area (Å²) in [7, 11) is 0. The molecule has 1 aromatic carbocycles. The molecule has 0 fully saturated rings. The smallest absolute Gasteiger partial charge is 0.203 e. The van der Waals surface area contributed by atoms with Crippen molar-refractivity contribution in [2.45, 2.75) is 20.8 Å². The zero-order valence-corrected chi connectivity index (χ0v) is 15.1. The number of nitrogens with one attached hydrogen (secondary N) is 1. The van der Waals surface area contributed by atoms with Gasteiger partial charge in [0.05, 0.1) is 29.6 Å².